The number of hydrogen-bond acceptors (Lipinski definition) is 6. The molecule has 0 bridgehead atoms. The Hall–Kier alpha value is -2.46. The summed E-state index contributed by atoms with van der Waals surface area (Å²) in [7, 11) is -3.89. The molecular formula is C21H23ClN2O6S. The average Bonchev–Trinajstić information content (AvgIpc) is 2.75. The minimum atomic E-state index is -3.89. The Morgan fingerprint density at radius 2 is 1.81 bits per heavy atom. The van der Waals surface area contributed by atoms with Gasteiger partial charge in [0.2, 0.25) is 10.0 Å². The number of nitrogens with one attached hydrogen (secondary N) is 1. The fourth-order valence-corrected chi connectivity index (χ4v) is 4.89. The fourth-order valence-electron chi connectivity index (χ4n) is 2.98. The number of hydrogen-bond donors (Lipinski definition) is 1. The third kappa shape index (κ3) is 5.62. The molecular weight excluding hydrogens is 444 g/mol. The smallest absolute Gasteiger partial charge is 0.338 e. The number of benzene rings is 2. The lowest BCUT2D eigenvalue weighted by molar-refractivity contribution is -0.119. The highest BCUT2D eigenvalue weighted by atomic mass is 35.5. The van der Waals surface area contributed by atoms with Crippen LogP contribution in [0.5, 0.6) is 0 Å². The van der Waals surface area contributed by atoms with Crippen molar-refractivity contribution in [2.75, 3.05) is 38.2 Å². The van der Waals surface area contributed by atoms with Gasteiger partial charge in [0.15, 0.2) is 6.61 Å². The number of carbonyl (C=O) groups is 2. The number of rotatable bonds is 6. The van der Waals surface area contributed by atoms with Crippen molar-refractivity contribution in [3.63, 3.8) is 0 Å². The van der Waals surface area contributed by atoms with Crippen molar-refractivity contribution >= 4 is 39.2 Å². The van der Waals surface area contributed by atoms with Crippen molar-refractivity contribution in [3.05, 3.63) is 58.1 Å². The number of anilines is 1. The molecule has 2 aromatic rings. The summed E-state index contributed by atoms with van der Waals surface area (Å²) >= 11 is 6.09. The summed E-state index contributed by atoms with van der Waals surface area (Å²) < 4.78 is 37.2. The number of nitrogens with zero attached hydrogens (tertiary/aromatic N) is 1. The molecule has 0 radical (unpaired) electrons. The first-order valence-corrected chi connectivity index (χ1v) is 11.4. The molecule has 0 spiro atoms. The maximum Gasteiger partial charge on any atom is 0.338 e. The molecule has 1 aliphatic heterocycles. The van der Waals surface area contributed by atoms with Gasteiger partial charge in [0, 0.05) is 18.8 Å². The van der Waals surface area contributed by atoms with Crippen molar-refractivity contribution in [2.24, 2.45) is 0 Å². The van der Waals surface area contributed by atoms with Gasteiger partial charge in [-0.15, -0.1) is 0 Å². The molecule has 1 N–H and O–H groups in total. The maximum atomic E-state index is 12.9. The zero-order valence-electron chi connectivity index (χ0n) is 17.2. The molecule has 1 heterocycles. The molecule has 1 saturated heterocycles. The standard InChI is InChI=1S/C21H23ClN2O6S/c1-14-3-5-17(11-15(14)2)23-20(25)13-30-21(26)16-4-6-18(22)19(12-16)31(27,28)24-7-9-29-10-8-24/h3-6,11-12H,7-10,13H2,1-2H3,(H,23,25). The molecule has 0 aliphatic carbocycles. The molecule has 3 rings (SSSR count). The number of carbonyl (C=O) groups excluding carboxylic acids is 2. The van der Waals surface area contributed by atoms with E-state index >= 15 is 0 Å². The molecule has 1 aliphatic rings. The van der Waals surface area contributed by atoms with Crippen molar-refractivity contribution in [1.29, 1.82) is 0 Å². The van der Waals surface area contributed by atoms with Gasteiger partial charge in [0.1, 0.15) is 4.90 Å². The molecule has 8 nitrogen and oxygen atoms in total. The van der Waals surface area contributed by atoms with Gasteiger partial charge in [0.25, 0.3) is 5.91 Å². The van der Waals surface area contributed by atoms with Crippen LogP contribution >= 0.6 is 11.6 Å². The second-order valence-corrected chi connectivity index (χ2v) is 9.40. The number of ether oxygens (including phenoxy) is 2. The van der Waals surface area contributed by atoms with Gasteiger partial charge < -0.3 is 14.8 Å². The Morgan fingerprint density at radius 1 is 1.10 bits per heavy atom. The van der Waals surface area contributed by atoms with E-state index in [0.717, 1.165) is 17.2 Å². The molecule has 1 fully saturated rings. The number of sulfonamides is 1. The van der Waals surface area contributed by atoms with Crippen LogP contribution in [-0.4, -0.2) is 57.5 Å². The van der Waals surface area contributed by atoms with E-state index in [4.69, 9.17) is 21.1 Å². The highest BCUT2D eigenvalue weighted by Crippen LogP contribution is 2.27. The van der Waals surface area contributed by atoms with E-state index < -0.39 is 28.5 Å². The summed E-state index contributed by atoms with van der Waals surface area (Å²) in [5, 5.41) is 2.65. The quantitative estimate of drug-likeness (QED) is 0.657. The van der Waals surface area contributed by atoms with Crippen LogP contribution in [0.1, 0.15) is 21.5 Å². The molecule has 1 amide bonds. The van der Waals surface area contributed by atoms with E-state index in [1.54, 1.807) is 6.07 Å². The van der Waals surface area contributed by atoms with Crippen LogP contribution in [0.2, 0.25) is 5.02 Å². The third-order valence-electron chi connectivity index (χ3n) is 4.88. The molecule has 0 unspecified atom stereocenters. The minimum absolute atomic E-state index is 0.00414. The van der Waals surface area contributed by atoms with Crippen LogP contribution in [0.25, 0.3) is 0 Å². The maximum absolute atomic E-state index is 12.9. The van der Waals surface area contributed by atoms with Crippen molar-refractivity contribution in [3.8, 4) is 0 Å². The fraction of sp³-hybridized carbons (Fsp3) is 0.333. The van der Waals surface area contributed by atoms with Crippen LogP contribution in [0, 0.1) is 13.8 Å². The number of esters is 1. The normalized spacial score (nSPS) is 14.8. The number of aryl methyl sites for hydroxylation is 2. The van der Waals surface area contributed by atoms with E-state index in [0.29, 0.717) is 5.69 Å². The number of amides is 1. The van der Waals surface area contributed by atoms with Gasteiger partial charge in [-0.1, -0.05) is 17.7 Å². The summed E-state index contributed by atoms with van der Waals surface area (Å²) in [6, 6.07) is 9.28. The summed E-state index contributed by atoms with van der Waals surface area (Å²) in [6.45, 7) is 4.34. The van der Waals surface area contributed by atoms with Crippen LogP contribution in [0.15, 0.2) is 41.3 Å². The summed E-state index contributed by atoms with van der Waals surface area (Å²) in [5.41, 5.74) is 2.68. The van der Waals surface area contributed by atoms with Crippen LogP contribution in [-0.2, 0) is 24.3 Å². The zero-order chi connectivity index (χ0) is 22.6. The molecule has 2 aromatic carbocycles. The number of morpholine rings is 1. The SMILES string of the molecule is Cc1ccc(NC(=O)COC(=O)c2ccc(Cl)c(S(=O)(=O)N3CCOCC3)c2)cc1C. The van der Waals surface area contributed by atoms with Gasteiger partial charge in [-0.25, -0.2) is 13.2 Å². The molecule has 0 saturated carbocycles. The molecule has 31 heavy (non-hydrogen) atoms. The predicted octanol–water partition coefficient (Wildman–Crippen LogP) is 2.77. The van der Waals surface area contributed by atoms with Gasteiger partial charge in [-0.3, -0.25) is 4.79 Å². The largest absolute Gasteiger partial charge is 0.452 e. The van der Waals surface area contributed by atoms with Gasteiger partial charge in [-0.2, -0.15) is 4.31 Å². The van der Waals surface area contributed by atoms with Crippen molar-refractivity contribution < 1.29 is 27.5 Å². The van der Waals surface area contributed by atoms with Crippen LogP contribution in [0.4, 0.5) is 5.69 Å². The lowest BCUT2D eigenvalue weighted by Gasteiger charge is -2.26. The topological polar surface area (TPSA) is 102 Å². The van der Waals surface area contributed by atoms with E-state index in [9.17, 15) is 18.0 Å². The number of halogens is 1. The summed E-state index contributed by atoms with van der Waals surface area (Å²) in [6.07, 6.45) is 0. The Balaban J connectivity index is 1.67. The highest BCUT2D eigenvalue weighted by Gasteiger charge is 2.29. The van der Waals surface area contributed by atoms with E-state index in [1.165, 1.54) is 16.4 Å². The zero-order valence-corrected chi connectivity index (χ0v) is 18.8. The lowest BCUT2D eigenvalue weighted by Crippen LogP contribution is -2.40. The highest BCUT2D eigenvalue weighted by molar-refractivity contribution is 7.89. The van der Waals surface area contributed by atoms with Crippen molar-refractivity contribution in [1.82, 2.24) is 4.31 Å². The van der Waals surface area contributed by atoms with Crippen LogP contribution < -0.4 is 5.32 Å². The monoisotopic (exact) mass is 466 g/mol. The Bertz CT molecular complexity index is 1100. The van der Waals surface area contributed by atoms with E-state index in [2.05, 4.69) is 5.32 Å². The first-order valence-electron chi connectivity index (χ1n) is 9.60. The molecule has 166 valence electrons. The first-order chi connectivity index (χ1) is 14.7. The molecule has 10 heteroatoms. The summed E-state index contributed by atoms with van der Waals surface area (Å²) in [5.74, 6) is -1.34. The minimum Gasteiger partial charge on any atom is -0.452 e. The van der Waals surface area contributed by atoms with Gasteiger partial charge in [0.05, 0.1) is 23.8 Å². The third-order valence-corrected chi connectivity index (χ3v) is 7.26. The second-order valence-electron chi connectivity index (χ2n) is 7.09. The Kier molecular flexibility index (Phi) is 7.32. The van der Waals surface area contributed by atoms with E-state index in [-0.39, 0.29) is 41.8 Å². The molecule has 0 aromatic heterocycles. The Labute approximate surface area is 186 Å². The van der Waals surface area contributed by atoms with Gasteiger partial charge >= 0.3 is 5.97 Å². The Morgan fingerprint density at radius 3 is 2.48 bits per heavy atom. The predicted molar refractivity (Wildman–Crippen MR) is 116 cm³/mol. The van der Waals surface area contributed by atoms with E-state index in [1.807, 2.05) is 26.0 Å². The van der Waals surface area contributed by atoms with Crippen molar-refractivity contribution in [2.45, 2.75) is 18.7 Å². The van der Waals surface area contributed by atoms with Gasteiger partial charge in [-0.05, 0) is 55.3 Å². The summed E-state index contributed by atoms with van der Waals surface area (Å²) in [4.78, 5) is 24.3. The average molecular weight is 467 g/mol. The van der Waals surface area contributed by atoms with Crippen LogP contribution in [0.3, 0.4) is 0 Å². The second kappa shape index (κ2) is 9.78. The molecule has 0 atom stereocenters. The first kappa shape index (κ1) is 23.2. The lowest BCUT2D eigenvalue weighted by atomic mass is 10.1.